The Labute approximate surface area is 130 Å². The van der Waals surface area contributed by atoms with Gasteiger partial charge in [0.15, 0.2) is 0 Å². The van der Waals surface area contributed by atoms with E-state index < -0.39 is 0 Å². The third-order valence-corrected chi connectivity index (χ3v) is 4.32. The molecule has 6 nitrogen and oxygen atoms in total. The van der Waals surface area contributed by atoms with E-state index in [1.54, 1.807) is 17.0 Å². The molecule has 2 fully saturated rings. The van der Waals surface area contributed by atoms with Gasteiger partial charge in [-0.05, 0) is 24.2 Å². The van der Waals surface area contributed by atoms with Gasteiger partial charge in [-0.2, -0.15) is 0 Å². The van der Waals surface area contributed by atoms with Gasteiger partial charge in [-0.15, -0.1) is 0 Å². The minimum Gasteiger partial charge on any atom is -0.445 e. The number of nitrogens with zero attached hydrogens (tertiary/aromatic N) is 2. The molecule has 1 aromatic carbocycles. The minimum absolute atomic E-state index is 0.186. The molecule has 1 spiro atoms. The molecule has 1 amide bonds. The Morgan fingerprint density at radius 1 is 1.32 bits per heavy atom. The lowest BCUT2D eigenvalue weighted by molar-refractivity contribution is -0.177. The minimum atomic E-state index is -0.269. The monoisotopic (exact) mass is 305 g/mol. The standard InChI is InChI=1S/C16H23N3O3/c1-2-18-10-16(11-18)12-19(7-8-22-16)15(20)21-9-13-3-5-14(17)6-4-13/h3-6H,2,7-12,17H2,1H3. The first-order valence-electron chi connectivity index (χ1n) is 7.73. The molecular formula is C16H23N3O3. The second-order valence-electron chi connectivity index (χ2n) is 6.05. The number of ether oxygens (including phenoxy) is 2. The first kappa shape index (κ1) is 15.1. The maximum Gasteiger partial charge on any atom is 0.410 e. The van der Waals surface area contributed by atoms with E-state index >= 15 is 0 Å². The maximum absolute atomic E-state index is 12.2. The van der Waals surface area contributed by atoms with Crippen molar-refractivity contribution in [2.45, 2.75) is 19.1 Å². The van der Waals surface area contributed by atoms with Crippen LogP contribution in [0.1, 0.15) is 12.5 Å². The highest BCUT2D eigenvalue weighted by Crippen LogP contribution is 2.29. The molecule has 2 N–H and O–H groups in total. The lowest BCUT2D eigenvalue weighted by Gasteiger charge is -2.53. The molecule has 0 aliphatic carbocycles. The molecule has 1 aromatic rings. The number of carbonyl (C=O) groups is 1. The van der Waals surface area contributed by atoms with Gasteiger partial charge in [0, 0.05) is 25.3 Å². The van der Waals surface area contributed by atoms with E-state index in [0.717, 1.165) is 25.2 Å². The van der Waals surface area contributed by atoms with Gasteiger partial charge < -0.3 is 20.1 Å². The Morgan fingerprint density at radius 2 is 2.05 bits per heavy atom. The SMILES string of the molecule is CCN1CC2(C1)CN(C(=O)OCc1ccc(N)cc1)CCO2. The van der Waals surface area contributed by atoms with Crippen LogP contribution in [-0.4, -0.2) is 60.8 Å². The van der Waals surface area contributed by atoms with E-state index in [-0.39, 0.29) is 18.3 Å². The van der Waals surface area contributed by atoms with Crippen LogP contribution >= 0.6 is 0 Å². The maximum atomic E-state index is 12.2. The summed E-state index contributed by atoms with van der Waals surface area (Å²) in [6, 6.07) is 7.35. The number of hydrogen-bond acceptors (Lipinski definition) is 5. The van der Waals surface area contributed by atoms with Crippen molar-refractivity contribution in [3.8, 4) is 0 Å². The van der Waals surface area contributed by atoms with E-state index in [4.69, 9.17) is 15.2 Å². The number of rotatable bonds is 3. The van der Waals surface area contributed by atoms with Crippen molar-refractivity contribution in [2.75, 3.05) is 45.1 Å². The summed E-state index contributed by atoms with van der Waals surface area (Å²) in [5.41, 5.74) is 7.09. The zero-order chi connectivity index (χ0) is 15.6. The fourth-order valence-corrected chi connectivity index (χ4v) is 3.03. The van der Waals surface area contributed by atoms with Crippen LogP contribution in [0, 0.1) is 0 Å². The Morgan fingerprint density at radius 3 is 2.73 bits per heavy atom. The fraction of sp³-hybridized carbons (Fsp3) is 0.562. The Bertz CT molecular complexity index is 526. The molecule has 0 atom stereocenters. The average Bonchev–Trinajstić information content (AvgIpc) is 2.51. The molecular weight excluding hydrogens is 282 g/mol. The zero-order valence-corrected chi connectivity index (χ0v) is 13.0. The number of nitrogen functional groups attached to an aromatic ring is 1. The van der Waals surface area contributed by atoms with Gasteiger partial charge in [-0.3, -0.25) is 4.90 Å². The van der Waals surface area contributed by atoms with Crippen LogP contribution < -0.4 is 5.73 Å². The van der Waals surface area contributed by atoms with Crippen LogP contribution in [0.4, 0.5) is 10.5 Å². The lowest BCUT2D eigenvalue weighted by Crippen LogP contribution is -2.70. The molecule has 22 heavy (non-hydrogen) atoms. The molecule has 0 unspecified atom stereocenters. The number of hydrogen-bond donors (Lipinski definition) is 1. The van der Waals surface area contributed by atoms with Gasteiger partial charge in [0.25, 0.3) is 0 Å². The quantitative estimate of drug-likeness (QED) is 0.853. The first-order valence-corrected chi connectivity index (χ1v) is 7.73. The summed E-state index contributed by atoms with van der Waals surface area (Å²) in [7, 11) is 0. The van der Waals surface area contributed by atoms with Crippen LogP contribution in [-0.2, 0) is 16.1 Å². The van der Waals surface area contributed by atoms with Gasteiger partial charge in [0.05, 0.1) is 13.2 Å². The summed E-state index contributed by atoms with van der Waals surface area (Å²) in [4.78, 5) is 16.3. The fourth-order valence-electron chi connectivity index (χ4n) is 3.03. The van der Waals surface area contributed by atoms with Gasteiger partial charge in [0.1, 0.15) is 12.2 Å². The van der Waals surface area contributed by atoms with Crippen molar-refractivity contribution in [3.63, 3.8) is 0 Å². The number of likely N-dealkylation sites (tertiary alicyclic amines) is 1. The molecule has 120 valence electrons. The third-order valence-electron chi connectivity index (χ3n) is 4.32. The first-order chi connectivity index (χ1) is 10.6. The number of likely N-dealkylation sites (N-methyl/N-ethyl adjacent to an activating group) is 1. The molecule has 0 radical (unpaired) electrons. The van der Waals surface area contributed by atoms with Crippen LogP contribution in [0.3, 0.4) is 0 Å². The third kappa shape index (κ3) is 3.18. The normalized spacial score (nSPS) is 20.7. The van der Waals surface area contributed by atoms with Gasteiger partial charge >= 0.3 is 6.09 Å². The molecule has 2 saturated heterocycles. The predicted octanol–water partition coefficient (Wildman–Crippen LogP) is 1.31. The smallest absolute Gasteiger partial charge is 0.410 e. The predicted molar refractivity (Wildman–Crippen MR) is 83.4 cm³/mol. The summed E-state index contributed by atoms with van der Waals surface area (Å²) < 4.78 is 11.3. The molecule has 0 aromatic heterocycles. The molecule has 2 aliphatic rings. The average molecular weight is 305 g/mol. The van der Waals surface area contributed by atoms with Crippen LogP contribution in [0.2, 0.25) is 0 Å². The molecule has 0 saturated carbocycles. The Hall–Kier alpha value is -1.79. The summed E-state index contributed by atoms with van der Waals surface area (Å²) in [6.07, 6.45) is -0.269. The molecule has 3 rings (SSSR count). The Kier molecular flexibility index (Phi) is 4.22. The van der Waals surface area contributed by atoms with Crippen molar-refractivity contribution < 1.29 is 14.3 Å². The van der Waals surface area contributed by atoms with Crippen molar-refractivity contribution in [1.82, 2.24) is 9.80 Å². The van der Waals surface area contributed by atoms with E-state index in [2.05, 4.69) is 11.8 Å². The van der Waals surface area contributed by atoms with Gasteiger partial charge in [-0.25, -0.2) is 4.79 Å². The van der Waals surface area contributed by atoms with Crippen molar-refractivity contribution in [1.29, 1.82) is 0 Å². The Balaban J connectivity index is 1.50. The van der Waals surface area contributed by atoms with E-state index in [1.807, 2.05) is 12.1 Å². The second-order valence-corrected chi connectivity index (χ2v) is 6.05. The van der Waals surface area contributed by atoms with Crippen LogP contribution in [0.15, 0.2) is 24.3 Å². The number of nitrogens with two attached hydrogens (primary N) is 1. The lowest BCUT2D eigenvalue weighted by atomic mass is 9.92. The van der Waals surface area contributed by atoms with E-state index in [0.29, 0.717) is 25.4 Å². The summed E-state index contributed by atoms with van der Waals surface area (Å²) in [5.74, 6) is 0. The topological polar surface area (TPSA) is 68.0 Å². The zero-order valence-electron chi connectivity index (χ0n) is 13.0. The largest absolute Gasteiger partial charge is 0.445 e. The number of anilines is 1. The number of morpholine rings is 1. The summed E-state index contributed by atoms with van der Waals surface area (Å²) in [6.45, 7) is 7.00. The van der Waals surface area contributed by atoms with E-state index in [9.17, 15) is 4.79 Å². The highest BCUT2D eigenvalue weighted by atomic mass is 16.6. The molecule has 0 bridgehead atoms. The highest BCUT2D eigenvalue weighted by molar-refractivity contribution is 5.68. The van der Waals surface area contributed by atoms with Crippen molar-refractivity contribution >= 4 is 11.8 Å². The van der Waals surface area contributed by atoms with Gasteiger partial charge in [0.2, 0.25) is 0 Å². The van der Waals surface area contributed by atoms with Gasteiger partial charge in [-0.1, -0.05) is 19.1 Å². The second kappa shape index (κ2) is 6.14. The summed E-state index contributed by atoms with van der Waals surface area (Å²) in [5, 5.41) is 0. The van der Waals surface area contributed by atoms with Crippen LogP contribution in [0.5, 0.6) is 0 Å². The number of carbonyl (C=O) groups excluding carboxylic acids is 1. The molecule has 6 heteroatoms. The van der Waals surface area contributed by atoms with Crippen molar-refractivity contribution in [3.05, 3.63) is 29.8 Å². The number of amides is 1. The molecule has 2 heterocycles. The van der Waals surface area contributed by atoms with Crippen molar-refractivity contribution in [2.24, 2.45) is 0 Å². The van der Waals surface area contributed by atoms with E-state index in [1.165, 1.54) is 0 Å². The summed E-state index contributed by atoms with van der Waals surface area (Å²) >= 11 is 0. The highest BCUT2D eigenvalue weighted by Gasteiger charge is 2.47. The molecule has 2 aliphatic heterocycles. The number of benzene rings is 1. The van der Waals surface area contributed by atoms with Crippen LogP contribution in [0.25, 0.3) is 0 Å².